The van der Waals surface area contributed by atoms with Crippen LogP contribution in [0.2, 0.25) is 0 Å². The van der Waals surface area contributed by atoms with Crippen molar-refractivity contribution >= 4 is 27.3 Å². The van der Waals surface area contributed by atoms with Crippen LogP contribution < -0.4 is 4.74 Å². The van der Waals surface area contributed by atoms with Crippen molar-refractivity contribution in [1.29, 1.82) is 0 Å². The van der Waals surface area contributed by atoms with Crippen LogP contribution in [0.25, 0.3) is 0 Å². The van der Waals surface area contributed by atoms with Gasteiger partial charge in [-0.15, -0.1) is 11.3 Å². The van der Waals surface area contributed by atoms with E-state index in [1.807, 2.05) is 17.4 Å². The Bertz CT molecular complexity index is 540. The lowest BCUT2D eigenvalue weighted by Gasteiger charge is -2.12. The predicted octanol–water partition coefficient (Wildman–Crippen LogP) is 5.17. The van der Waals surface area contributed by atoms with E-state index >= 15 is 0 Å². The maximum atomic E-state index is 5.25. The molecule has 0 aliphatic heterocycles. The second-order valence-corrected chi connectivity index (χ2v) is 6.68. The van der Waals surface area contributed by atoms with Crippen LogP contribution in [-0.4, -0.2) is 7.11 Å². The Morgan fingerprint density at radius 3 is 2.33 bits per heavy atom. The van der Waals surface area contributed by atoms with Crippen molar-refractivity contribution in [2.45, 2.75) is 25.6 Å². The summed E-state index contributed by atoms with van der Waals surface area (Å²) in [6.45, 7) is 6.46. The summed E-state index contributed by atoms with van der Waals surface area (Å²) < 4.78 is 5.25. The number of thiophene rings is 1. The number of methoxy groups -OCH3 is 1. The Hall–Kier alpha value is -0.800. The maximum Gasteiger partial charge on any atom is 0.119 e. The zero-order chi connectivity index (χ0) is 13.3. The lowest BCUT2D eigenvalue weighted by molar-refractivity contribution is 0.414. The maximum absolute atomic E-state index is 5.25. The highest BCUT2D eigenvalue weighted by atomic mass is 79.9. The minimum absolute atomic E-state index is 0.265. The first-order valence-electron chi connectivity index (χ1n) is 5.88. The van der Waals surface area contributed by atoms with Crippen molar-refractivity contribution < 1.29 is 4.74 Å². The summed E-state index contributed by atoms with van der Waals surface area (Å²) >= 11 is 5.67. The molecule has 1 aromatic carbocycles. The molecule has 2 rings (SSSR count). The summed E-state index contributed by atoms with van der Waals surface area (Å²) in [7, 11) is 1.70. The zero-order valence-electron chi connectivity index (χ0n) is 11.1. The summed E-state index contributed by atoms with van der Waals surface area (Å²) in [5.41, 5.74) is 3.92. The molecule has 1 nitrogen and oxygen atoms in total. The van der Waals surface area contributed by atoms with Gasteiger partial charge in [0.2, 0.25) is 0 Å². The molecule has 1 heterocycles. The standard InChI is InChI=1S/C15H17BrOS/c1-9-8-14(18-11(9)3)15(16)13-6-5-12(17-4)7-10(13)2/h5-8,15H,1-4H3. The minimum Gasteiger partial charge on any atom is -0.497 e. The lowest BCUT2D eigenvalue weighted by Crippen LogP contribution is -1.94. The van der Waals surface area contributed by atoms with E-state index in [9.17, 15) is 0 Å². The summed E-state index contributed by atoms with van der Waals surface area (Å²) in [4.78, 5) is 3.01. The third kappa shape index (κ3) is 2.62. The SMILES string of the molecule is COc1ccc(C(Br)c2cc(C)c(C)s2)c(C)c1. The van der Waals surface area contributed by atoms with E-state index in [-0.39, 0.29) is 4.83 Å². The number of alkyl halides is 1. The van der Waals surface area contributed by atoms with Crippen LogP contribution in [-0.2, 0) is 0 Å². The van der Waals surface area contributed by atoms with Crippen LogP contribution in [0.4, 0.5) is 0 Å². The molecule has 0 spiro atoms. The fourth-order valence-electron chi connectivity index (χ4n) is 1.94. The van der Waals surface area contributed by atoms with Crippen LogP contribution in [0.5, 0.6) is 5.75 Å². The fraction of sp³-hybridized carbons (Fsp3) is 0.333. The molecule has 0 fully saturated rings. The average Bonchev–Trinajstić information content (AvgIpc) is 2.68. The zero-order valence-corrected chi connectivity index (χ0v) is 13.5. The molecule has 96 valence electrons. The molecular formula is C15H17BrOS. The van der Waals surface area contributed by atoms with E-state index in [2.05, 4.69) is 54.9 Å². The summed E-state index contributed by atoms with van der Waals surface area (Å²) in [5.74, 6) is 0.912. The van der Waals surface area contributed by atoms with Crippen molar-refractivity contribution in [3.8, 4) is 5.75 Å². The molecule has 0 bridgehead atoms. The molecule has 1 aromatic heterocycles. The van der Waals surface area contributed by atoms with Crippen LogP contribution >= 0.6 is 27.3 Å². The molecule has 18 heavy (non-hydrogen) atoms. The third-order valence-electron chi connectivity index (χ3n) is 3.18. The normalized spacial score (nSPS) is 12.5. The van der Waals surface area contributed by atoms with Gasteiger partial charge in [-0.1, -0.05) is 22.0 Å². The van der Waals surface area contributed by atoms with E-state index in [4.69, 9.17) is 4.74 Å². The van der Waals surface area contributed by atoms with Crippen molar-refractivity contribution in [3.63, 3.8) is 0 Å². The van der Waals surface area contributed by atoms with E-state index in [0.717, 1.165) is 5.75 Å². The van der Waals surface area contributed by atoms with Gasteiger partial charge in [0.05, 0.1) is 11.9 Å². The molecule has 0 aliphatic rings. The first kappa shape index (κ1) is 13.6. The molecule has 0 amide bonds. The van der Waals surface area contributed by atoms with E-state index in [0.29, 0.717) is 0 Å². The number of hydrogen-bond acceptors (Lipinski definition) is 2. The largest absolute Gasteiger partial charge is 0.497 e. The van der Waals surface area contributed by atoms with Crippen LogP contribution in [0.15, 0.2) is 24.3 Å². The summed E-state index contributed by atoms with van der Waals surface area (Å²) in [6, 6.07) is 8.50. The van der Waals surface area contributed by atoms with Crippen molar-refractivity contribution in [3.05, 3.63) is 50.7 Å². The topological polar surface area (TPSA) is 9.23 Å². The third-order valence-corrected chi connectivity index (χ3v) is 5.69. The van der Waals surface area contributed by atoms with Crippen LogP contribution in [0, 0.1) is 20.8 Å². The average molecular weight is 325 g/mol. The second-order valence-electron chi connectivity index (χ2n) is 4.47. The van der Waals surface area contributed by atoms with E-state index in [1.165, 1.54) is 26.4 Å². The second kappa shape index (κ2) is 5.45. The van der Waals surface area contributed by atoms with E-state index < -0.39 is 0 Å². The fourth-order valence-corrected chi connectivity index (χ4v) is 3.91. The monoisotopic (exact) mass is 324 g/mol. The Morgan fingerprint density at radius 1 is 1.11 bits per heavy atom. The first-order valence-corrected chi connectivity index (χ1v) is 7.61. The molecule has 0 aliphatic carbocycles. The van der Waals surface area contributed by atoms with Gasteiger partial charge in [-0.2, -0.15) is 0 Å². The lowest BCUT2D eigenvalue weighted by atomic mass is 10.0. The molecule has 0 saturated carbocycles. The van der Waals surface area contributed by atoms with Crippen LogP contribution in [0.1, 0.15) is 31.3 Å². The summed E-state index contributed by atoms with van der Waals surface area (Å²) in [5, 5.41) is 0. The molecule has 1 unspecified atom stereocenters. The smallest absolute Gasteiger partial charge is 0.119 e. The Morgan fingerprint density at radius 2 is 1.83 bits per heavy atom. The van der Waals surface area contributed by atoms with Crippen LogP contribution in [0.3, 0.4) is 0 Å². The van der Waals surface area contributed by atoms with Crippen molar-refractivity contribution in [2.24, 2.45) is 0 Å². The molecule has 0 radical (unpaired) electrons. The molecular weight excluding hydrogens is 308 g/mol. The molecule has 0 N–H and O–H groups in total. The van der Waals surface area contributed by atoms with Crippen molar-refractivity contribution in [2.75, 3.05) is 7.11 Å². The van der Waals surface area contributed by atoms with Crippen molar-refractivity contribution in [1.82, 2.24) is 0 Å². The van der Waals surface area contributed by atoms with E-state index in [1.54, 1.807) is 7.11 Å². The van der Waals surface area contributed by atoms with Gasteiger partial charge in [-0.3, -0.25) is 0 Å². The van der Waals surface area contributed by atoms with Gasteiger partial charge in [0.25, 0.3) is 0 Å². The van der Waals surface area contributed by atoms with Gasteiger partial charge in [-0.25, -0.2) is 0 Å². The molecule has 0 saturated heterocycles. The van der Waals surface area contributed by atoms with Gasteiger partial charge < -0.3 is 4.74 Å². The number of ether oxygens (including phenoxy) is 1. The Labute approximate surface area is 121 Å². The van der Waals surface area contributed by atoms with Gasteiger partial charge in [0.1, 0.15) is 5.75 Å². The van der Waals surface area contributed by atoms with Gasteiger partial charge in [-0.05, 0) is 55.7 Å². The highest BCUT2D eigenvalue weighted by molar-refractivity contribution is 9.09. The Kier molecular flexibility index (Phi) is 4.13. The Balaban J connectivity index is 2.36. The number of rotatable bonds is 3. The molecule has 1 atom stereocenters. The highest BCUT2D eigenvalue weighted by Gasteiger charge is 2.16. The molecule has 3 heteroatoms. The number of benzene rings is 1. The van der Waals surface area contributed by atoms with Gasteiger partial charge in [0.15, 0.2) is 0 Å². The number of hydrogen-bond donors (Lipinski definition) is 0. The summed E-state index contributed by atoms with van der Waals surface area (Å²) in [6.07, 6.45) is 0. The predicted molar refractivity (Wildman–Crippen MR) is 82.3 cm³/mol. The highest BCUT2D eigenvalue weighted by Crippen LogP contribution is 2.38. The number of halogens is 1. The quantitative estimate of drug-likeness (QED) is 0.708. The molecule has 2 aromatic rings. The minimum atomic E-state index is 0.265. The van der Waals surface area contributed by atoms with Gasteiger partial charge >= 0.3 is 0 Å². The number of aryl methyl sites for hydroxylation is 3. The van der Waals surface area contributed by atoms with Gasteiger partial charge in [0, 0.05) is 9.75 Å². The first-order chi connectivity index (χ1) is 8.52.